The fourth-order valence-electron chi connectivity index (χ4n) is 2.51. The summed E-state index contributed by atoms with van der Waals surface area (Å²) in [5.74, 6) is 0. The monoisotopic (exact) mass is 316 g/mol. The van der Waals surface area contributed by atoms with Gasteiger partial charge in [0.15, 0.2) is 0 Å². The van der Waals surface area contributed by atoms with Gasteiger partial charge in [0.1, 0.15) is 0 Å². The third kappa shape index (κ3) is 2.88. The maximum atomic E-state index is 6.33. The van der Waals surface area contributed by atoms with E-state index >= 15 is 0 Å². The Morgan fingerprint density at radius 3 is 2.67 bits per heavy atom. The summed E-state index contributed by atoms with van der Waals surface area (Å²) in [6, 6.07) is 15.8. The molecule has 1 heterocycles. The van der Waals surface area contributed by atoms with Gasteiger partial charge in [-0.15, -0.1) is 0 Å². The maximum absolute atomic E-state index is 6.33. The van der Waals surface area contributed by atoms with Gasteiger partial charge in [0, 0.05) is 21.6 Å². The summed E-state index contributed by atoms with van der Waals surface area (Å²) in [5, 5.41) is 5.72. The summed E-state index contributed by atoms with van der Waals surface area (Å²) in [4.78, 5) is 4.35. The first-order chi connectivity index (χ1) is 10.2. The highest BCUT2D eigenvalue weighted by molar-refractivity contribution is 6.35. The lowest BCUT2D eigenvalue weighted by atomic mass is 9.97. The standard InChI is InChI=1S/C17H14Cl2N2/c1-20-17(14-6-5-13(18)10-15(14)19)12-4-7-16-11(9-12)3-2-8-21-16/h2-10,17,20H,1H3. The zero-order valence-electron chi connectivity index (χ0n) is 11.5. The summed E-state index contributed by atoms with van der Waals surface area (Å²) in [6.07, 6.45) is 1.80. The van der Waals surface area contributed by atoms with Gasteiger partial charge in [0.25, 0.3) is 0 Å². The fraction of sp³-hybridized carbons (Fsp3) is 0.118. The quantitative estimate of drug-likeness (QED) is 0.747. The molecule has 0 radical (unpaired) electrons. The van der Waals surface area contributed by atoms with E-state index in [0.29, 0.717) is 10.0 Å². The van der Waals surface area contributed by atoms with Crippen molar-refractivity contribution in [2.45, 2.75) is 6.04 Å². The topological polar surface area (TPSA) is 24.9 Å². The molecule has 0 bridgehead atoms. The maximum Gasteiger partial charge on any atom is 0.0702 e. The lowest BCUT2D eigenvalue weighted by Crippen LogP contribution is -2.18. The normalized spacial score (nSPS) is 12.5. The van der Waals surface area contributed by atoms with E-state index in [9.17, 15) is 0 Å². The molecule has 1 aromatic heterocycles. The van der Waals surface area contributed by atoms with Crippen molar-refractivity contribution in [2.75, 3.05) is 7.05 Å². The molecule has 1 atom stereocenters. The largest absolute Gasteiger partial charge is 0.309 e. The highest BCUT2D eigenvalue weighted by Gasteiger charge is 2.15. The lowest BCUT2D eigenvalue weighted by molar-refractivity contribution is 0.693. The van der Waals surface area contributed by atoms with Crippen LogP contribution in [-0.4, -0.2) is 12.0 Å². The molecule has 0 aliphatic heterocycles. The molecule has 3 rings (SSSR count). The lowest BCUT2D eigenvalue weighted by Gasteiger charge is -2.19. The molecule has 0 saturated heterocycles. The Morgan fingerprint density at radius 2 is 1.90 bits per heavy atom. The van der Waals surface area contributed by atoms with E-state index in [0.717, 1.165) is 22.0 Å². The van der Waals surface area contributed by atoms with E-state index in [2.05, 4.69) is 28.5 Å². The highest BCUT2D eigenvalue weighted by atomic mass is 35.5. The van der Waals surface area contributed by atoms with Crippen LogP contribution in [0, 0.1) is 0 Å². The average molecular weight is 317 g/mol. The van der Waals surface area contributed by atoms with Crippen molar-refractivity contribution in [3.8, 4) is 0 Å². The summed E-state index contributed by atoms with van der Waals surface area (Å²) in [6.45, 7) is 0. The van der Waals surface area contributed by atoms with Crippen molar-refractivity contribution >= 4 is 34.1 Å². The fourth-order valence-corrected chi connectivity index (χ4v) is 3.03. The third-order valence-electron chi connectivity index (χ3n) is 3.52. The van der Waals surface area contributed by atoms with E-state index in [1.54, 1.807) is 12.3 Å². The minimum atomic E-state index is 0.0133. The number of halogens is 2. The van der Waals surface area contributed by atoms with Crippen LogP contribution in [0.4, 0.5) is 0 Å². The first-order valence-corrected chi connectivity index (χ1v) is 7.41. The molecule has 0 fully saturated rings. The van der Waals surface area contributed by atoms with Crippen molar-refractivity contribution in [3.05, 3.63) is 75.9 Å². The summed E-state index contributed by atoms with van der Waals surface area (Å²) < 4.78 is 0. The van der Waals surface area contributed by atoms with Crippen LogP contribution in [0.3, 0.4) is 0 Å². The summed E-state index contributed by atoms with van der Waals surface area (Å²) >= 11 is 12.3. The third-order valence-corrected chi connectivity index (χ3v) is 4.08. The molecule has 1 unspecified atom stereocenters. The van der Waals surface area contributed by atoms with E-state index in [4.69, 9.17) is 23.2 Å². The molecule has 0 spiro atoms. The number of rotatable bonds is 3. The Morgan fingerprint density at radius 1 is 1.05 bits per heavy atom. The Balaban J connectivity index is 2.09. The van der Waals surface area contributed by atoms with Crippen molar-refractivity contribution in [2.24, 2.45) is 0 Å². The second-order valence-corrected chi connectivity index (χ2v) is 5.69. The number of nitrogens with one attached hydrogen (secondary N) is 1. The molecule has 3 aromatic rings. The van der Waals surface area contributed by atoms with Crippen LogP contribution in [0.2, 0.25) is 10.0 Å². The van der Waals surface area contributed by atoms with Gasteiger partial charge >= 0.3 is 0 Å². The second kappa shape index (κ2) is 6.02. The number of pyridine rings is 1. The molecule has 21 heavy (non-hydrogen) atoms. The van der Waals surface area contributed by atoms with E-state index < -0.39 is 0 Å². The molecule has 2 nitrogen and oxygen atoms in total. The number of nitrogens with zero attached hydrogens (tertiary/aromatic N) is 1. The second-order valence-electron chi connectivity index (χ2n) is 4.84. The van der Waals surface area contributed by atoms with Crippen LogP contribution < -0.4 is 5.32 Å². The molecular weight excluding hydrogens is 303 g/mol. The molecule has 4 heteroatoms. The van der Waals surface area contributed by atoms with E-state index in [-0.39, 0.29) is 6.04 Å². The van der Waals surface area contributed by atoms with Gasteiger partial charge in [-0.25, -0.2) is 0 Å². The Kier molecular flexibility index (Phi) is 4.11. The van der Waals surface area contributed by atoms with Gasteiger partial charge in [0.05, 0.1) is 11.6 Å². The van der Waals surface area contributed by atoms with Crippen molar-refractivity contribution in [1.82, 2.24) is 10.3 Å². The van der Waals surface area contributed by atoms with Gasteiger partial charge in [-0.1, -0.05) is 41.4 Å². The van der Waals surface area contributed by atoms with E-state index in [1.807, 2.05) is 31.3 Å². The number of fused-ring (bicyclic) bond motifs is 1. The van der Waals surface area contributed by atoms with Gasteiger partial charge in [-0.05, 0) is 48.5 Å². The highest BCUT2D eigenvalue weighted by Crippen LogP contribution is 2.31. The number of hydrogen-bond acceptors (Lipinski definition) is 2. The van der Waals surface area contributed by atoms with Crippen molar-refractivity contribution in [3.63, 3.8) is 0 Å². The molecule has 2 aromatic carbocycles. The predicted octanol–water partition coefficient (Wildman–Crippen LogP) is 4.85. The smallest absolute Gasteiger partial charge is 0.0702 e. The Hall–Kier alpha value is -1.61. The first-order valence-electron chi connectivity index (χ1n) is 6.66. The van der Waals surface area contributed by atoms with Crippen LogP contribution in [0.25, 0.3) is 10.9 Å². The van der Waals surface area contributed by atoms with Gasteiger partial charge in [-0.2, -0.15) is 0 Å². The molecule has 106 valence electrons. The molecule has 1 N–H and O–H groups in total. The molecule has 0 saturated carbocycles. The van der Waals surface area contributed by atoms with Crippen LogP contribution in [-0.2, 0) is 0 Å². The summed E-state index contributed by atoms with van der Waals surface area (Å²) in [7, 11) is 1.92. The van der Waals surface area contributed by atoms with Crippen LogP contribution in [0.1, 0.15) is 17.2 Å². The molecule has 0 amide bonds. The molecule has 0 aliphatic rings. The zero-order valence-corrected chi connectivity index (χ0v) is 13.0. The summed E-state index contributed by atoms with van der Waals surface area (Å²) in [5.41, 5.74) is 3.13. The molecule has 0 aliphatic carbocycles. The van der Waals surface area contributed by atoms with Crippen LogP contribution >= 0.6 is 23.2 Å². The van der Waals surface area contributed by atoms with Gasteiger partial charge in [0.2, 0.25) is 0 Å². The van der Waals surface area contributed by atoms with Crippen LogP contribution in [0.5, 0.6) is 0 Å². The minimum absolute atomic E-state index is 0.0133. The number of aromatic nitrogens is 1. The average Bonchev–Trinajstić information content (AvgIpc) is 2.50. The van der Waals surface area contributed by atoms with Crippen molar-refractivity contribution in [1.29, 1.82) is 0 Å². The Bertz CT molecular complexity index is 787. The van der Waals surface area contributed by atoms with Gasteiger partial charge < -0.3 is 5.32 Å². The minimum Gasteiger partial charge on any atom is -0.309 e. The first kappa shape index (κ1) is 14.3. The zero-order chi connectivity index (χ0) is 14.8. The molecular formula is C17H14Cl2N2. The van der Waals surface area contributed by atoms with E-state index in [1.165, 1.54) is 0 Å². The number of hydrogen-bond donors (Lipinski definition) is 1. The number of benzene rings is 2. The van der Waals surface area contributed by atoms with Crippen LogP contribution in [0.15, 0.2) is 54.7 Å². The van der Waals surface area contributed by atoms with Gasteiger partial charge in [-0.3, -0.25) is 4.98 Å². The SMILES string of the molecule is CNC(c1ccc2ncccc2c1)c1ccc(Cl)cc1Cl. The van der Waals surface area contributed by atoms with Crippen molar-refractivity contribution < 1.29 is 0 Å². The predicted molar refractivity (Wildman–Crippen MR) is 89.1 cm³/mol. The Labute approximate surface area is 133 Å².